The Morgan fingerprint density at radius 1 is 1.17 bits per heavy atom. The Hall–Kier alpha value is -2.29. The molecule has 2 aromatic rings. The number of hydrogen-bond acceptors (Lipinski definition) is 4. The van der Waals surface area contributed by atoms with Crippen LogP contribution < -0.4 is 10.2 Å². The highest BCUT2D eigenvalue weighted by Crippen LogP contribution is 2.45. The van der Waals surface area contributed by atoms with Crippen molar-refractivity contribution < 1.29 is 4.79 Å². The molecule has 0 atom stereocenters. The van der Waals surface area contributed by atoms with Gasteiger partial charge in [-0.15, -0.1) is 17.3 Å². The van der Waals surface area contributed by atoms with E-state index in [9.17, 15) is 4.79 Å². The van der Waals surface area contributed by atoms with Crippen LogP contribution in [0.15, 0.2) is 29.6 Å². The van der Waals surface area contributed by atoms with Gasteiger partial charge in [-0.3, -0.25) is 4.79 Å². The fraction of sp³-hybridized carbons (Fsp3) is 0.480. The zero-order valence-corrected chi connectivity index (χ0v) is 19.1. The minimum atomic E-state index is -0.436. The summed E-state index contributed by atoms with van der Waals surface area (Å²) in [7, 11) is 0. The van der Waals surface area contributed by atoms with Gasteiger partial charge in [0.25, 0.3) is 5.91 Å². The number of hydrogen-bond donors (Lipinski definition) is 1. The molecule has 2 aliphatic heterocycles. The van der Waals surface area contributed by atoms with E-state index in [1.165, 1.54) is 32.4 Å². The Morgan fingerprint density at radius 2 is 1.93 bits per heavy atom. The first-order chi connectivity index (χ1) is 14.5. The molecule has 1 aromatic carbocycles. The number of carbonyl (C=O) groups is 1. The number of carbonyl (C=O) groups excluding carboxylic acids is 1. The van der Waals surface area contributed by atoms with Crippen molar-refractivity contribution in [1.29, 1.82) is 0 Å². The van der Waals surface area contributed by atoms with E-state index in [0.717, 1.165) is 46.9 Å². The van der Waals surface area contributed by atoms with Crippen LogP contribution in [0.5, 0.6) is 0 Å². The monoisotopic (exact) mass is 421 g/mol. The summed E-state index contributed by atoms with van der Waals surface area (Å²) < 4.78 is 0. The van der Waals surface area contributed by atoms with Crippen LogP contribution >= 0.6 is 11.3 Å². The van der Waals surface area contributed by atoms with Crippen molar-refractivity contribution in [3.63, 3.8) is 0 Å². The van der Waals surface area contributed by atoms with Gasteiger partial charge in [-0.2, -0.15) is 0 Å². The Kier molecular flexibility index (Phi) is 6.17. The first kappa shape index (κ1) is 21.0. The smallest absolute Gasteiger partial charge is 0.258 e. The number of fused-ring (bicyclic) bond motifs is 2. The second-order valence-electron chi connectivity index (χ2n) is 8.73. The molecule has 30 heavy (non-hydrogen) atoms. The molecule has 158 valence electrons. The molecular formula is C25H31N3OS. The predicted molar refractivity (Wildman–Crippen MR) is 127 cm³/mol. The molecule has 0 spiro atoms. The van der Waals surface area contributed by atoms with Crippen molar-refractivity contribution >= 4 is 34.3 Å². The predicted octanol–water partition coefficient (Wildman–Crippen LogP) is 5.81. The highest BCUT2D eigenvalue weighted by atomic mass is 32.1. The summed E-state index contributed by atoms with van der Waals surface area (Å²) in [6.07, 6.45) is 6.07. The molecule has 4 rings (SSSR count). The third kappa shape index (κ3) is 4.26. The van der Waals surface area contributed by atoms with Crippen molar-refractivity contribution in [3.05, 3.63) is 40.1 Å². The molecule has 0 aliphatic carbocycles. The molecule has 1 amide bonds. The van der Waals surface area contributed by atoms with Gasteiger partial charge in [-0.25, -0.2) is 0 Å². The molecule has 1 N–H and O–H groups in total. The number of anilines is 3. The summed E-state index contributed by atoms with van der Waals surface area (Å²) >= 11 is 1.62. The molecule has 1 fully saturated rings. The SMILES string of the molecule is Cc1scc2c1N(C(C)(C)C#CCCCN1CCCCC1)c1ccccc1NC2=O. The average Bonchev–Trinajstić information content (AvgIpc) is 3.04. The van der Waals surface area contributed by atoms with Crippen molar-refractivity contribution in [2.24, 2.45) is 0 Å². The highest BCUT2D eigenvalue weighted by Gasteiger charge is 2.35. The molecule has 5 heteroatoms. The highest BCUT2D eigenvalue weighted by molar-refractivity contribution is 7.10. The lowest BCUT2D eigenvalue weighted by Gasteiger charge is -2.37. The van der Waals surface area contributed by atoms with Gasteiger partial charge in [-0.05, 0) is 71.8 Å². The Balaban J connectivity index is 1.58. The van der Waals surface area contributed by atoms with Gasteiger partial charge in [0.15, 0.2) is 0 Å². The zero-order valence-electron chi connectivity index (χ0n) is 18.3. The molecule has 4 nitrogen and oxygen atoms in total. The van der Waals surface area contributed by atoms with Crippen molar-refractivity contribution in [3.8, 4) is 11.8 Å². The Morgan fingerprint density at radius 3 is 2.73 bits per heavy atom. The van der Waals surface area contributed by atoms with Crippen LogP contribution in [-0.2, 0) is 0 Å². The van der Waals surface area contributed by atoms with Gasteiger partial charge in [0.2, 0.25) is 0 Å². The molecule has 2 aliphatic rings. The summed E-state index contributed by atoms with van der Waals surface area (Å²) in [6, 6.07) is 8.02. The van der Waals surface area contributed by atoms with Crippen LogP contribution in [-0.4, -0.2) is 36.0 Å². The Bertz CT molecular complexity index is 976. The number of rotatable bonds is 4. The lowest BCUT2D eigenvalue weighted by atomic mass is 9.99. The van der Waals surface area contributed by atoms with Gasteiger partial charge in [0, 0.05) is 16.7 Å². The van der Waals surface area contributed by atoms with Crippen molar-refractivity contribution in [2.45, 2.75) is 58.4 Å². The summed E-state index contributed by atoms with van der Waals surface area (Å²) in [5.74, 6) is 6.93. The second kappa shape index (κ2) is 8.83. The first-order valence-corrected chi connectivity index (χ1v) is 11.9. The van der Waals surface area contributed by atoms with Crippen LogP contribution in [0.2, 0.25) is 0 Å². The molecular weight excluding hydrogens is 390 g/mol. The molecule has 0 bridgehead atoms. The fourth-order valence-electron chi connectivity index (χ4n) is 4.46. The largest absolute Gasteiger partial charge is 0.321 e. The van der Waals surface area contributed by atoms with Gasteiger partial charge in [0.05, 0.1) is 22.6 Å². The number of para-hydroxylation sites is 2. The van der Waals surface area contributed by atoms with Gasteiger partial charge >= 0.3 is 0 Å². The quantitative estimate of drug-likeness (QED) is 0.500. The standard InChI is InChI=1S/C25H31N3OS/c1-19-23-20(18-30-19)24(29)26-21-12-6-7-13-22(21)28(23)25(2,3)14-8-4-9-15-27-16-10-5-11-17-27/h6-7,12-13,18H,4-5,9-11,15-17H2,1-3H3,(H,26,29). The van der Waals surface area contributed by atoms with Crippen molar-refractivity contribution in [1.82, 2.24) is 4.90 Å². The topological polar surface area (TPSA) is 35.6 Å². The summed E-state index contributed by atoms with van der Waals surface area (Å²) in [4.78, 5) is 18.8. The van der Waals surface area contributed by atoms with E-state index in [0.29, 0.717) is 0 Å². The number of unbranched alkanes of at least 4 members (excludes halogenated alkanes) is 1. The fourth-order valence-corrected chi connectivity index (χ4v) is 5.29. The first-order valence-electron chi connectivity index (χ1n) is 11.0. The number of amides is 1. The third-order valence-electron chi connectivity index (χ3n) is 5.98. The van der Waals surface area contributed by atoms with Gasteiger partial charge < -0.3 is 15.1 Å². The molecule has 0 unspecified atom stereocenters. The van der Waals surface area contributed by atoms with E-state index in [1.807, 2.05) is 23.6 Å². The summed E-state index contributed by atoms with van der Waals surface area (Å²) in [5, 5.41) is 5.04. The average molecular weight is 422 g/mol. The van der Waals surface area contributed by atoms with E-state index >= 15 is 0 Å². The number of benzene rings is 1. The Labute approximate surface area is 184 Å². The van der Waals surface area contributed by atoms with E-state index in [1.54, 1.807) is 11.3 Å². The maximum absolute atomic E-state index is 12.8. The lowest BCUT2D eigenvalue weighted by Crippen LogP contribution is -2.40. The van der Waals surface area contributed by atoms with E-state index in [4.69, 9.17) is 0 Å². The maximum atomic E-state index is 12.8. The van der Waals surface area contributed by atoms with E-state index in [-0.39, 0.29) is 5.91 Å². The van der Waals surface area contributed by atoms with Crippen LogP contribution in [0, 0.1) is 18.8 Å². The van der Waals surface area contributed by atoms with E-state index < -0.39 is 5.54 Å². The van der Waals surface area contributed by atoms with Gasteiger partial charge in [-0.1, -0.05) is 24.5 Å². The zero-order chi connectivity index (χ0) is 21.1. The van der Waals surface area contributed by atoms with Gasteiger partial charge in [0.1, 0.15) is 5.54 Å². The molecule has 0 radical (unpaired) electrons. The minimum absolute atomic E-state index is 0.0467. The molecule has 0 saturated carbocycles. The lowest BCUT2D eigenvalue weighted by molar-refractivity contribution is 0.102. The summed E-state index contributed by atoms with van der Waals surface area (Å²) in [6.45, 7) is 10.0. The molecule has 1 aromatic heterocycles. The number of aryl methyl sites for hydroxylation is 1. The normalized spacial score (nSPS) is 16.8. The molecule has 3 heterocycles. The van der Waals surface area contributed by atoms with Crippen LogP contribution in [0.3, 0.4) is 0 Å². The third-order valence-corrected chi connectivity index (χ3v) is 6.88. The minimum Gasteiger partial charge on any atom is -0.321 e. The van der Waals surface area contributed by atoms with E-state index in [2.05, 4.69) is 53.8 Å². The number of nitrogens with zero attached hydrogens (tertiary/aromatic N) is 2. The number of likely N-dealkylation sites (tertiary alicyclic amines) is 1. The summed E-state index contributed by atoms with van der Waals surface area (Å²) in [5.41, 5.74) is 3.11. The number of nitrogens with one attached hydrogen (secondary N) is 1. The van der Waals surface area contributed by atoms with Crippen LogP contribution in [0.1, 0.15) is 61.2 Å². The maximum Gasteiger partial charge on any atom is 0.258 e. The second-order valence-corrected chi connectivity index (χ2v) is 9.81. The number of piperidine rings is 1. The van der Waals surface area contributed by atoms with Crippen LogP contribution in [0.25, 0.3) is 0 Å². The number of thiophene rings is 1. The van der Waals surface area contributed by atoms with Crippen molar-refractivity contribution in [2.75, 3.05) is 29.9 Å². The molecule has 1 saturated heterocycles. The van der Waals surface area contributed by atoms with Crippen LogP contribution in [0.4, 0.5) is 17.1 Å².